The molecule has 2 nitrogen and oxygen atoms in total. The molecule has 10 heavy (non-hydrogen) atoms. The SMILES string of the molecule is C#CCC(N)C1CCCO1. The lowest BCUT2D eigenvalue weighted by Gasteiger charge is -2.14. The Hall–Kier alpha value is -0.520. The van der Waals surface area contributed by atoms with Crippen molar-refractivity contribution in [3.63, 3.8) is 0 Å². The fraction of sp³-hybridized carbons (Fsp3) is 0.750. The zero-order valence-electron chi connectivity index (χ0n) is 6.05. The van der Waals surface area contributed by atoms with Crippen LogP contribution in [-0.4, -0.2) is 18.8 Å². The van der Waals surface area contributed by atoms with E-state index in [-0.39, 0.29) is 12.1 Å². The summed E-state index contributed by atoms with van der Waals surface area (Å²) in [6, 6.07) is 0.0486. The van der Waals surface area contributed by atoms with Crippen LogP contribution in [0.1, 0.15) is 19.3 Å². The molecule has 1 rings (SSSR count). The lowest BCUT2D eigenvalue weighted by molar-refractivity contribution is 0.0913. The number of terminal acetylenes is 1. The molecule has 2 N–H and O–H groups in total. The fourth-order valence-corrected chi connectivity index (χ4v) is 1.21. The molecule has 0 radical (unpaired) electrons. The lowest BCUT2D eigenvalue weighted by Crippen LogP contribution is -2.33. The van der Waals surface area contributed by atoms with Crippen molar-refractivity contribution >= 4 is 0 Å². The summed E-state index contributed by atoms with van der Waals surface area (Å²) in [5.41, 5.74) is 5.72. The van der Waals surface area contributed by atoms with Crippen LogP contribution in [0.3, 0.4) is 0 Å². The molecule has 0 aliphatic carbocycles. The van der Waals surface area contributed by atoms with Gasteiger partial charge in [0.15, 0.2) is 0 Å². The van der Waals surface area contributed by atoms with Crippen LogP contribution in [0.2, 0.25) is 0 Å². The van der Waals surface area contributed by atoms with Gasteiger partial charge in [0.25, 0.3) is 0 Å². The molecule has 1 aliphatic rings. The summed E-state index contributed by atoms with van der Waals surface area (Å²) in [6.07, 6.45) is 8.16. The highest BCUT2D eigenvalue weighted by atomic mass is 16.5. The van der Waals surface area contributed by atoms with Crippen LogP contribution in [0.25, 0.3) is 0 Å². The zero-order valence-corrected chi connectivity index (χ0v) is 6.05. The Balaban J connectivity index is 2.26. The van der Waals surface area contributed by atoms with Crippen molar-refractivity contribution in [2.24, 2.45) is 5.73 Å². The monoisotopic (exact) mass is 139 g/mol. The molecule has 1 heterocycles. The van der Waals surface area contributed by atoms with Crippen LogP contribution in [0.5, 0.6) is 0 Å². The van der Waals surface area contributed by atoms with Gasteiger partial charge in [0, 0.05) is 19.1 Å². The van der Waals surface area contributed by atoms with Crippen LogP contribution in [0.4, 0.5) is 0 Å². The van der Waals surface area contributed by atoms with E-state index >= 15 is 0 Å². The first-order valence-electron chi connectivity index (χ1n) is 3.65. The number of ether oxygens (including phenoxy) is 1. The third-order valence-electron chi connectivity index (χ3n) is 1.80. The van der Waals surface area contributed by atoms with Crippen molar-refractivity contribution in [1.29, 1.82) is 0 Å². The van der Waals surface area contributed by atoms with E-state index in [4.69, 9.17) is 16.9 Å². The van der Waals surface area contributed by atoms with Crippen molar-refractivity contribution in [3.05, 3.63) is 0 Å². The van der Waals surface area contributed by atoms with Gasteiger partial charge in [-0.25, -0.2) is 0 Å². The maximum atomic E-state index is 5.72. The minimum atomic E-state index is 0.0486. The van der Waals surface area contributed by atoms with Crippen molar-refractivity contribution in [2.45, 2.75) is 31.4 Å². The van der Waals surface area contributed by atoms with E-state index in [0.717, 1.165) is 19.4 Å². The second-order valence-electron chi connectivity index (χ2n) is 2.62. The van der Waals surface area contributed by atoms with Crippen molar-refractivity contribution < 1.29 is 4.74 Å². The number of rotatable bonds is 2. The van der Waals surface area contributed by atoms with E-state index in [1.54, 1.807) is 0 Å². The van der Waals surface area contributed by atoms with E-state index in [1.165, 1.54) is 0 Å². The molecule has 1 saturated heterocycles. The molecular formula is C8H13NO. The summed E-state index contributed by atoms with van der Waals surface area (Å²) < 4.78 is 5.35. The third kappa shape index (κ3) is 1.73. The molecule has 1 fully saturated rings. The quantitative estimate of drug-likeness (QED) is 0.566. The van der Waals surface area contributed by atoms with Gasteiger partial charge in [-0.1, -0.05) is 0 Å². The highest BCUT2D eigenvalue weighted by Crippen LogP contribution is 2.15. The molecule has 56 valence electrons. The molecule has 0 aromatic rings. The normalized spacial score (nSPS) is 27.8. The van der Waals surface area contributed by atoms with Gasteiger partial charge in [-0.3, -0.25) is 0 Å². The van der Waals surface area contributed by atoms with Crippen LogP contribution >= 0.6 is 0 Å². The zero-order chi connectivity index (χ0) is 7.40. The van der Waals surface area contributed by atoms with Crippen LogP contribution in [-0.2, 0) is 4.74 Å². The van der Waals surface area contributed by atoms with Gasteiger partial charge < -0.3 is 10.5 Å². The molecule has 0 spiro atoms. The molecule has 0 bridgehead atoms. The van der Waals surface area contributed by atoms with Crippen molar-refractivity contribution in [2.75, 3.05) is 6.61 Å². The number of hydrogen-bond donors (Lipinski definition) is 1. The molecule has 2 atom stereocenters. The van der Waals surface area contributed by atoms with Gasteiger partial charge in [0.05, 0.1) is 6.10 Å². The minimum absolute atomic E-state index is 0.0486. The number of hydrogen-bond acceptors (Lipinski definition) is 2. The minimum Gasteiger partial charge on any atom is -0.377 e. The van der Waals surface area contributed by atoms with E-state index in [0.29, 0.717) is 6.42 Å². The van der Waals surface area contributed by atoms with E-state index < -0.39 is 0 Å². The molecule has 0 aromatic carbocycles. The highest BCUT2D eigenvalue weighted by Gasteiger charge is 2.21. The predicted octanol–water partition coefficient (Wildman–Crippen LogP) is 0.516. The first kappa shape index (κ1) is 7.59. The Labute approximate surface area is 61.7 Å². The molecule has 2 heteroatoms. The maximum Gasteiger partial charge on any atom is 0.0736 e. The Bertz CT molecular complexity index is 133. The first-order valence-corrected chi connectivity index (χ1v) is 3.65. The average molecular weight is 139 g/mol. The summed E-state index contributed by atoms with van der Waals surface area (Å²) >= 11 is 0. The number of nitrogens with two attached hydrogens (primary N) is 1. The summed E-state index contributed by atoms with van der Waals surface area (Å²) in [5, 5.41) is 0. The van der Waals surface area contributed by atoms with Gasteiger partial charge in [0.1, 0.15) is 0 Å². The van der Waals surface area contributed by atoms with Crippen LogP contribution < -0.4 is 5.73 Å². The van der Waals surface area contributed by atoms with Gasteiger partial charge >= 0.3 is 0 Å². The Morgan fingerprint density at radius 1 is 1.80 bits per heavy atom. The van der Waals surface area contributed by atoms with E-state index in [9.17, 15) is 0 Å². The lowest BCUT2D eigenvalue weighted by atomic mass is 10.1. The molecule has 0 saturated carbocycles. The Kier molecular flexibility index (Phi) is 2.73. The van der Waals surface area contributed by atoms with Crippen molar-refractivity contribution in [3.8, 4) is 12.3 Å². The summed E-state index contributed by atoms with van der Waals surface area (Å²) in [5.74, 6) is 2.54. The van der Waals surface area contributed by atoms with Gasteiger partial charge in [-0.2, -0.15) is 0 Å². The highest BCUT2D eigenvalue weighted by molar-refractivity contribution is 4.92. The maximum absolute atomic E-state index is 5.72. The molecule has 0 amide bonds. The predicted molar refractivity (Wildman–Crippen MR) is 40.4 cm³/mol. The largest absolute Gasteiger partial charge is 0.377 e. The third-order valence-corrected chi connectivity index (χ3v) is 1.80. The molecule has 0 aromatic heterocycles. The molecule has 2 unspecified atom stereocenters. The fourth-order valence-electron chi connectivity index (χ4n) is 1.21. The van der Waals surface area contributed by atoms with Gasteiger partial charge in [0.2, 0.25) is 0 Å². The first-order chi connectivity index (χ1) is 4.84. The van der Waals surface area contributed by atoms with Gasteiger partial charge in [-0.15, -0.1) is 12.3 Å². The van der Waals surface area contributed by atoms with Crippen LogP contribution in [0, 0.1) is 12.3 Å². The van der Waals surface area contributed by atoms with Crippen LogP contribution in [0.15, 0.2) is 0 Å². The second kappa shape index (κ2) is 3.60. The summed E-state index contributed by atoms with van der Waals surface area (Å²) in [6.45, 7) is 0.850. The van der Waals surface area contributed by atoms with E-state index in [2.05, 4.69) is 5.92 Å². The summed E-state index contributed by atoms with van der Waals surface area (Å²) in [4.78, 5) is 0. The average Bonchev–Trinajstić information content (AvgIpc) is 2.38. The van der Waals surface area contributed by atoms with Crippen molar-refractivity contribution in [1.82, 2.24) is 0 Å². The standard InChI is InChI=1S/C8H13NO/c1-2-4-7(9)8-5-3-6-10-8/h1,7-8H,3-6,9H2. The topological polar surface area (TPSA) is 35.2 Å². The molecule has 1 aliphatic heterocycles. The Morgan fingerprint density at radius 3 is 3.10 bits per heavy atom. The van der Waals surface area contributed by atoms with Gasteiger partial charge in [-0.05, 0) is 12.8 Å². The summed E-state index contributed by atoms with van der Waals surface area (Å²) in [7, 11) is 0. The van der Waals surface area contributed by atoms with E-state index in [1.807, 2.05) is 0 Å². The second-order valence-corrected chi connectivity index (χ2v) is 2.62. The molecular weight excluding hydrogens is 126 g/mol. The Morgan fingerprint density at radius 2 is 2.60 bits per heavy atom. The smallest absolute Gasteiger partial charge is 0.0736 e.